The smallest absolute Gasteiger partial charge is 0.0791 e. The number of β-amino-alcohol motifs (C(OH)–C–C–N with tert-alkyl or cyclic N) is 1. The summed E-state index contributed by atoms with van der Waals surface area (Å²) < 4.78 is 5.32. The summed E-state index contributed by atoms with van der Waals surface area (Å²) in [6.45, 7) is 10.7. The minimum absolute atomic E-state index is 0.275. The molecular weight excluding hydrogens is 254 g/mol. The van der Waals surface area contributed by atoms with Crippen molar-refractivity contribution >= 4 is 0 Å². The molecule has 2 aliphatic rings. The number of aliphatic hydroxyl groups is 1. The molecule has 0 aromatic rings. The van der Waals surface area contributed by atoms with Gasteiger partial charge >= 0.3 is 0 Å². The molecule has 5 heteroatoms. The van der Waals surface area contributed by atoms with E-state index in [1.165, 1.54) is 25.9 Å². The molecule has 0 aliphatic carbocycles. The molecule has 20 heavy (non-hydrogen) atoms. The number of aliphatic hydroxyl groups excluding tert-OH is 1. The van der Waals surface area contributed by atoms with Crippen LogP contribution in [0.4, 0.5) is 0 Å². The van der Waals surface area contributed by atoms with Gasteiger partial charge in [-0.3, -0.25) is 4.90 Å². The van der Waals surface area contributed by atoms with Crippen LogP contribution < -0.4 is 5.32 Å². The number of rotatable bonds is 6. The summed E-state index contributed by atoms with van der Waals surface area (Å²) in [6, 6.07) is 0. The van der Waals surface area contributed by atoms with Crippen LogP contribution in [0.3, 0.4) is 0 Å². The van der Waals surface area contributed by atoms with Gasteiger partial charge in [-0.1, -0.05) is 6.92 Å². The van der Waals surface area contributed by atoms with Gasteiger partial charge < -0.3 is 20.1 Å². The van der Waals surface area contributed by atoms with E-state index in [-0.39, 0.29) is 6.10 Å². The Hall–Kier alpha value is -0.200. The maximum Gasteiger partial charge on any atom is 0.0791 e. The zero-order valence-electron chi connectivity index (χ0n) is 13.1. The fourth-order valence-electron chi connectivity index (χ4n) is 3.02. The van der Waals surface area contributed by atoms with Crippen molar-refractivity contribution in [2.24, 2.45) is 5.41 Å². The van der Waals surface area contributed by atoms with Gasteiger partial charge in [0, 0.05) is 32.7 Å². The molecule has 5 nitrogen and oxygen atoms in total. The molecule has 1 atom stereocenters. The second-order valence-corrected chi connectivity index (χ2v) is 6.81. The Bertz CT molecular complexity index is 274. The molecule has 118 valence electrons. The normalized spacial score (nSPS) is 26.6. The molecule has 0 bridgehead atoms. The van der Waals surface area contributed by atoms with Crippen LogP contribution in [0.25, 0.3) is 0 Å². The molecule has 2 heterocycles. The monoisotopic (exact) mass is 285 g/mol. The highest BCUT2D eigenvalue weighted by atomic mass is 16.5. The highest BCUT2D eigenvalue weighted by Gasteiger charge is 2.28. The predicted octanol–water partition coefficient (Wildman–Crippen LogP) is 0.00100. The van der Waals surface area contributed by atoms with E-state index in [1.807, 2.05) is 0 Å². The first-order valence-electron chi connectivity index (χ1n) is 7.95. The lowest BCUT2D eigenvalue weighted by molar-refractivity contribution is 0.0142. The molecule has 0 radical (unpaired) electrons. The molecule has 2 rings (SSSR count). The molecule has 0 aromatic heterocycles. The maximum absolute atomic E-state index is 10.1. The van der Waals surface area contributed by atoms with Crippen LogP contribution in [0, 0.1) is 5.41 Å². The summed E-state index contributed by atoms with van der Waals surface area (Å²) in [4.78, 5) is 4.68. The molecule has 0 aromatic carbocycles. The molecular formula is C15H31N3O2. The van der Waals surface area contributed by atoms with Crippen LogP contribution in [-0.2, 0) is 4.74 Å². The predicted molar refractivity (Wildman–Crippen MR) is 81.0 cm³/mol. The summed E-state index contributed by atoms with van der Waals surface area (Å²) in [5.41, 5.74) is 0.394. The third-order valence-corrected chi connectivity index (χ3v) is 4.70. The minimum Gasteiger partial charge on any atom is -0.390 e. The summed E-state index contributed by atoms with van der Waals surface area (Å²) in [7, 11) is 2.19. The Balaban J connectivity index is 1.59. The first kappa shape index (κ1) is 16.2. The SMILES string of the molecule is CN1CCC(C)(CNCC(O)CN2CCOCC2)CC1. The fraction of sp³-hybridized carbons (Fsp3) is 1.00. The second-order valence-electron chi connectivity index (χ2n) is 6.81. The van der Waals surface area contributed by atoms with Crippen molar-refractivity contribution in [1.29, 1.82) is 0 Å². The van der Waals surface area contributed by atoms with Crippen LogP contribution in [0.1, 0.15) is 19.8 Å². The summed E-state index contributed by atoms with van der Waals surface area (Å²) in [6.07, 6.45) is 2.22. The first-order valence-corrected chi connectivity index (χ1v) is 7.95. The average Bonchev–Trinajstić information content (AvgIpc) is 2.44. The molecule has 1 unspecified atom stereocenters. The number of morpholine rings is 1. The first-order chi connectivity index (χ1) is 9.57. The Morgan fingerprint density at radius 3 is 2.50 bits per heavy atom. The topological polar surface area (TPSA) is 48.0 Å². The lowest BCUT2D eigenvalue weighted by atomic mass is 9.80. The highest BCUT2D eigenvalue weighted by Crippen LogP contribution is 2.29. The number of ether oxygens (including phenoxy) is 1. The van der Waals surface area contributed by atoms with Crippen molar-refractivity contribution in [2.45, 2.75) is 25.9 Å². The van der Waals surface area contributed by atoms with E-state index in [1.54, 1.807) is 0 Å². The lowest BCUT2D eigenvalue weighted by Gasteiger charge is -2.38. The van der Waals surface area contributed by atoms with Gasteiger partial charge in [0.2, 0.25) is 0 Å². The van der Waals surface area contributed by atoms with Crippen molar-refractivity contribution in [2.75, 3.05) is 66.1 Å². The Morgan fingerprint density at radius 1 is 1.20 bits per heavy atom. The van der Waals surface area contributed by atoms with E-state index in [0.29, 0.717) is 12.0 Å². The van der Waals surface area contributed by atoms with E-state index in [2.05, 4.69) is 29.1 Å². The second kappa shape index (κ2) is 7.71. The van der Waals surface area contributed by atoms with Crippen molar-refractivity contribution < 1.29 is 9.84 Å². The van der Waals surface area contributed by atoms with Gasteiger partial charge in [0.25, 0.3) is 0 Å². The van der Waals surface area contributed by atoms with Gasteiger partial charge in [-0.15, -0.1) is 0 Å². The molecule has 2 saturated heterocycles. The molecule has 0 amide bonds. The van der Waals surface area contributed by atoms with E-state index in [9.17, 15) is 5.11 Å². The van der Waals surface area contributed by atoms with Crippen LogP contribution in [0.5, 0.6) is 0 Å². The highest BCUT2D eigenvalue weighted by molar-refractivity contribution is 4.83. The number of piperidine rings is 1. The molecule has 0 saturated carbocycles. The number of nitrogens with one attached hydrogen (secondary N) is 1. The third kappa shape index (κ3) is 5.30. The third-order valence-electron chi connectivity index (χ3n) is 4.70. The fourth-order valence-corrected chi connectivity index (χ4v) is 3.02. The maximum atomic E-state index is 10.1. The van der Waals surface area contributed by atoms with Gasteiger partial charge in [0.05, 0.1) is 19.3 Å². The van der Waals surface area contributed by atoms with Crippen molar-refractivity contribution in [1.82, 2.24) is 15.1 Å². The zero-order chi connectivity index (χ0) is 14.4. The Kier molecular flexibility index (Phi) is 6.23. The van der Waals surface area contributed by atoms with Crippen molar-refractivity contribution in [3.05, 3.63) is 0 Å². The van der Waals surface area contributed by atoms with Gasteiger partial charge in [-0.05, 0) is 38.4 Å². The summed E-state index contributed by atoms with van der Waals surface area (Å²) in [5.74, 6) is 0. The number of nitrogens with zero attached hydrogens (tertiary/aromatic N) is 2. The standard InChI is InChI=1S/C15H31N3O2/c1-15(3-5-17(2)6-4-15)13-16-11-14(19)12-18-7-9-20-10-8-18/h14,16,19H,3-13H2,1-2H3. The Labute approximate surface area is 123 Å². The summed E-state index contributed by atoms with van der Waals surface area (Å²) >= 11 is 0. The number of likely N-dealkylation sites (tertiary alicyclic amines) is 1. The Morgan fingerprint density at radius 2 is 1.85 bits per heavy atom. The lowest BCUT2D eigenvalue weighted by Crippen LogP contribution is -2.46. The van der Waals surface area contributed by atoms with E-state index in [0.717, 1.165) is 39.4 Å². The van der Waals surface area contributed by atoms with Crippen LogP contribution in [0.2, 0.25) is 0 Å². The van der Waals surface area contributed by atoms with E-state index >= 15 is 0 Å². The molecule has 2 N–H and O–H groups in total. The number of hydrogen-bond donors (Lipinski definition) is 2. The van der Waals surface area contributed by atoms with Crippen molar-refractivity contribution in [3.63, 3.8) is 0 Å². The van der Waals surface area contributed by atoms with Crippen molar-refractivity contribution in [3.8, 4) is 0 Å². The van der Waals surface area contributed by atoms with Crippen LogP contribution in [0.15, 0.2) is 0 Å². The molecule has 0 spiro atoms. The van der Waals surface area contributed by atoms with Gasteiger partial charge in [0.1, 0.15) is 0 Å². The van der Waals surface area contributed by atoms with Crippen LogP contribution >= 0.6 is 0 Å². The van der Waals surface area contributed by atoms with E-state index < -0.39 is 0 Å². The van der Waals surface area contributed by atoms with Gasteiger partial charge in [0.15, 0.2) is 0 Å². The average molecular weight is 285 g/mol. The summed E-state index contributed by atoms with van der Waals surface area (Å²) in [5, 5.41) is 13.6. The van der Waals surface area contributed by atoms with Crippen LogP contribution in [-0.4, -0.2) is 87.1 Å². The van der Waals surface area contributed by atoms with Gasteiger partial charge in [-0.2, -0.15) is 0 Å². The van der Waals surface area contributed by atoms with E-state index in [4.69, 9.17) is 4.74 Å². The minimum atomic E-state index is -0.275. The number of hydrogen-bond acceptors (Lipinski definition) is 5. The largest absolute Gasteiger partial charge is 0.390 e. The molecule has 2 aliphatic heterocycles. The zero-order valence-corrected chi connectivity index (χ0v) is 13.1. The molecule has 2 fully saturated rings. The van der Waals surface area contributed by atoms with Gasteiger partial charge in [-0.25, -0.2) is 0 Å². The quantitative estimate of drug-likeness (QED) is 0.719.